The summed E-state index contributed by atoms with van der Waals surface area (Å²) in [5.41, 5.74) is 2.17. The van der Waals surface area contributed by atoms with E-state index >= 15 is 0 Å². The summed E-state index contributed by atoms with van der Waals surface area (Å²) in [6.07, 6.45) is 4.88. The molecule has 0 aromatic carbocycles. The Labute approximate surface area is 143 Å². The van der Waals surface area contributed by atoms with Crippen molar-refractivity contribution in [1.82, 2.24) is 9.88 Å². The molecule has 1 aromatic heterocycles. The van der Waals surface area contributed by atoms with Crippen LogP contribution in [0.2, 0.25) is 0 Å². The molecular formula is C18H26N4O2. The van der Waals surface area contributed by atoms with Crippen molar-refractivity contribution in [3.05, 3.63) is 17.8 Å². The van der Waals surface area contributed by atoms with Crippen molar-refractivity contribution in [2.24, 2.45) is 0 Å². The Morgan fingerprint density at radius 2 is 2.00 bits per heavy atom. The molecule has 4 heterocycles. The Balaban J connectivity index is 1.53. The fraction of sp³-hybridized carbons (Fsp3) is 0.667. The topological polar surface area (TPSA) is 57.7 Å². The predicted octanol–water partition coefficient (Wildman–Crippen LogP) is 2.64. The highest BCUT2D eigenvalue weighted by molar-refractivity contribution is 5.71. The molecular weight excluding hydrogens is 304 g/mol. The maximum absolute atomic E-state index is 12.6. The van der Waals surface area contributed by atoms with Crippen LogP contribution in [0.5, 0.6) is 0 Å². The minimum absolute atomic E-state index is 0.156. The lowest BCUT2D eigenvalue weighted by molar-refractivity contribution is 0.0123. The molecule has 0 aliphatic carbocycles. The second kappa shape index (κ2) is 5.53. The SMILES string of the molecule is CC(C)(C)OC(=O)N1C2CCC1CN(c1ccnc3c1CCN3)C2. The molecule has 2 saturated heterocycles. The van der Waals surface area contributed by atoms with Gasteiger partial charge >= 0.3 is 6.09 Å². The molecule has 6 heteroatoms. The van der Waals surface area contributed by atoms with Crippen molar-refractivity contribution in [1.29, 1.82) is 0 Å². The lowest BCUT2D eigenvalue weighted by Gasteiger charge is -2.42. The number of ether oxygens (including phenoxy) is 1. The summed E-state index contributed by atoms with van der Waals surface area (Å²) < 4.78 is 5.62. The van der Waals surface area contributed by atoms with Crippen molar-refractivity contribution < 1.29 is 9.53 Å². The molecule has 2 bridgehead atoms. The van der Waals surface area contributed by atoms with Gasteiger partial charge in [-0.2, -0.15) is 0 Å². The Bertz CT molecular complexity index is 641. The number of carbonyl (C=O) groups is 1. The first-order valence-corrected chi connectivity index (χ1v) is 8.90. The molecule has 0 spiro atoms. The zero-order valence-corrected chi connectivity index (χ0v) is 14.7. The number of fused-ring (bicyclic) bond motifs is 3. The van der Waals surface area contributed by atoms with Crippen molar-refractivity contribution in [3.8, 4) is 0 Å². The average molecular weight is 330 g/mol. The van der Waals surface area contributed by atoms with Crippen LogP contribution < -0.4 is 10.2 Å². The highest BCUT2D eigenvalue weighted by atomic mass is 16.6. The molecule has 1 amide bonds. The number of aromatic nitrogens is 1. The van der Waals surface area contributed by atoms with Crippen LogP contribution >= 0.6 is 0 Å². The smallest absolute Gasteiger partial charge is 0.410 e. The molecule has 6 nitrogen and oxygen atoms in total. The molecule has 24 heavy (non-hydrogen) atoms. The second-order valence-electron chi connectivity index (χ2n) is 8.01. The van der Waals surface area contributed by atoms with Gasteiger partial charge in [-0.1, -0.05) is 0 Å². The lowest BCUT2D eigenvalue weighted by atomic mass is 10.1. The van der Waals surface area contributed by atoms with E-state index in [9.17, 15) is 4.79 Å². The summed E-state index contributed by atoms with van der Waals surface area (Å²) in [5.74, 6) is 1.02. The minimum atomic E-state index is -0.439. The van der Waals surface area contributed by atoms with E-state index in [0.717, 1.165) is 44.7 Å². The van der Waals surface area contributed by atoms with Crippen LogP contribution in [0.15, 0.2) is 12.3 Å². The van der Waals surface area contributed by atoms with Crippen molar-refractivity contribution >= 4 is 17.6 Å². The van der Waals surface area contributed by atoms with E-state index < -0.39 is 5.60 Å². The van der Waals surface area contributed by atoms with E-state index in [1.807, 2.05) is 31.9 Å². The van der Waals surface area contributed by atoms with Gasteiger partial charge in [0.2, 0.25) is 0 Å². The van der Waals surface area contributed by atoms with Crippen LogP contribution in [0.1, 0.15) is 39.2 Å². The monoisotopic (exact) mass is 330 g/mol. The maximum atomic E-state index is 12.6. The van der Waals surface area contributed by atoms with E-state index in [-0.39, 0.29) is 18.2 Å². The van der Waals surface area contributed by atoms with Gasteiger partial charge in [-0.15, -0.1) is 0 Å². The van der Waals surface area contributed by atoms with E-state index in [1.165, 1.54) is 11.3 Å². The quantitative estimate of drug-likeness (QED) is 0.858. The van der Waals surface area contributed by atoms with Gasteiger partial charge in [-0.3, -0.25) is 4.90 Å². The molecule has 1 N–H and O–H groups in total. The van der Waals surface area contributed by atoms with Gasteiger partial charge < -0.3 is 15.0 Å². The number of piperazine rings is 1. The zero-order chi connectivity index (χ0) is 16.9. The first-order chi connectivity index (χ1) is 11.4. The Kier molecular flexibility index (Phi) is 3.58. The Morgan fingerprint density at radius 1 is 1.29 bits per heavy atom. The fourth-order valence-electron chi connectivity index (χ4n) is 4.20. The highest BCUT2D eigenvalue weighted by Gasteiger charge is 2.44. The maximum Gasteiger partial charge on any atom is 0.410 e. The summed E-state index contributed by atoms with van der Waals surface area (Å²) in [6, 6.07) is 2.61. The van der Waals surface area contributed by atoms with Gasteiger partial charge in [-0.25, -0.2) is 9.78 Å². The largest absolute Gasteiger partial charge is 0.444 e. The number of pyridine rings is 1. The highest BCUT2D eigenvalue weighted by Crippen LogP contribution is 2.37. The van der Waals surface area contributed by atoms with Gasteiger partial charge in [0, 0.05) is 37.1 Å². The molecule has 130 valence electrons. The normalized spacial score (nSPS) is 25.5. The Hall–Kier alpha value is -1.98. The molecule has 2 fully saturated rings. The number of amides is 1. The molecule has 4 rings (SSSR count). The minimum Gasteiger partial charge on any atom is -0.444 e. The van der Waals surface area contributed by atoms with E-state index in [1.54, 1.807) is 0 Å². The van der Waals surface area contributed by atoms with E-state index in [0.29, 0.717) is 0 Å². The predicted molar refractivity (Wildman–Crippen MR) is 93.5 cm³/mol. The van der Waals surface area contributed by atoms with Crippen LogP contribution in [-0.4, -0.2) is 53.3 Å². The number of rotatable bonds is 1. The fourth-order valence-corrected chi connectivity index (χ4v) is 4.20. The van der Waals surface area contributed by atoms with Gasteiger partial charge in [0.15, 0.2) is 0 Å². The number of anilines is 2. The average Bonchev–Trinajstić information content (AvgIpc) is 3.07. The number of nitrogens with one attached hydrogen (secondary N) is 1. The van der Waals surface area contributed by atoms with Crippen LogP contribution in [-0.2, 0) is 11.2 Å². The number of hydrogen-bond acceptors (Lipinski definition) is 5. The summed E-state index contributed by atoms with van der Waals surface area (Å²) >= 11 is 0. The van der Waals surface area contributed by atoms with Crippen molar-refractivity contribution in [3.63, 3.8) is 0 Å². The number of carbonyl (C=O) groups excluding carboxylic acids is 1. The first kappa shape index (κ1) is 15.5. The van der Waals surface area contributed by atoms with Crippen LogP contribution in [0.4, 0.5) is 16.3 Å². The number of hydrogen-bond donors (Lipinski definition) is 1. The molecule has 2 atom stereocenters. The molecule has 0 saturated carbocycles. The zero-order valence-electron chi connectivity index (χ0n) is 14.7. The van der Waals surface area contributed by atoms with Gasteiger partial charge in [0.1, 0.15) is 11.4 Å². The molecule has 1 aromatic rings. The van der Waals surface area contributed by atoms with Crippen LogP contribution in [0.3, 0.4) is 0 Å². The third-order valence-electron chi connectivity index (χ3n) is 5.13. The van der Waals surface area contributed by atoms with Gasteiger partial charge in [-0.05, 0) is 46.1 Å². The summed E-state index contributed by atoms with van der Waals surface area (Å²) in [4.78, 5) is 21.4. The third kappa shape index (κ3) is 2.68. The molecule has 0 radical (unpaired) electrons. The van der Waals surface area contributed by atoms with Gasteiger partial charge in [0.25, 0.3) is 0 Å². The third-order valence-corrected chi connectivity index (χ3v) is 5.13. The van der Waals surface area contributed by atoms with E-state index in [2.05, 4.69) is 21.3 Å². The molecule has 2 unspecified atom stereocenters. The standard InChI is InChI=1S/C18H26N4O2/c1-18(2,3)24-17(23)22-12-4-5-13(22)11-21(10-12)15-7-9-20-16-14(15)6-8-19-16/h7,9,12-13H,4-6,8,10-11H2,1-3H3,(H,19,20). The molecule has 3 aliphatic rings. The molecule has 3 aliphatic heterocycles. The van der Waals surface area contributed by atoms with Crippen LogP contribution in [0, 0.1) is 0 Å². The summed E-state index contributed by atoms with van der Waals surface area (Å²) in [7, 11) is 0. The summed E-state index contributed by atoms with van der Waals surface area (Å²) in [5, 5.41) is 3.35. The first-order valence-electron chi connectivity index (χ1n) is 8.90. The summed E-state index contributed by atoms with van der Waals surface area (Å²) in [6.45, 7) is 8.51. The number of nitrogens with zero attached hydrogens (tertiary/aromatic N) is 3. The van der Waals surface area contributed by atoms with Crippen molar-refractivity contribution in [2.45, 2.75) is 57.7 Å². The second-order valence-corrected chi connectivity index (χ2v) is 8.01. The lowest BCUT2D eigenvalue weighted by Crippen LogP contribution is -2.57. The van der Waals surface area contributed by atoms with E-state index in [4.69, 9.17) is 4.74 Å². The van der Waals surface area contributed by atoms with Gasteiger partial charge in [0.05, 0.1) is 12.1 Å². The van der Waals surface area contributed by atoms with Crippen molar-refractivity contribution in [2.75, 3.05) is 29.9 Å². The van der Waals surface area contributed by atoms with Crippen LogP contribution in [0.25, 0.3) is 0 Å². The Morgan fingerprint density at radius 3 is 2.67 bits per heavy atom.